The summed E-state index contributed by atoms with van der Waals surface area (Å²) in [6.07, 6.45) is 0. The van der Waals surface area contributed by atoms with Crippen molar-refractivity contribution in [2.24, 2.45) is 0 Å². The van der Waals surface area contributed by atoms with Crippen LogP contribution in [0.15, 0.2) is 35.1 Å². The van der Waals surface area contributed by atoms with Gasteiger partial charge in [0.2, 0.25) is 11.9 Å². The minimum absolute atomic E-state index is 0.0254. The number of aromatic nitrogens is 2. The third-order valence-electron chi connectivity index (χ3n) is 3.14. The largest absolute Gasteiger partial charge is 0.496 e. The number of hydrogen-bond acceptors (Lipinski definition) is 5. The summed E-state index contributed by atoms with van der Waals surface area (Å²) in [5.74, 6) is 0.388. The highest BCUT2D eigenvalue weighted by molar-refractivity contribution is 5.76. The molecule has 0 aliphatic rings. The summed E-state index contributed by atoms with van der Waals surface area (Å²) in [6.45, 7) is 1.80. The number of aryl methyl sites for hydroxylation is 1. The molecular formula is C15H18N4O3. The highest BCUT2D eigenvalue weighted by atomic mass is 16.5. The average molecular weight is 302 g/mol. The molecule has 1 amide bonds. The Labute approximate surface area is 127 Å². The van der Waals surface area contributed by atoms with Crippen LogP contribution in [0.1, 0.15) is 11.3 Å². The first-order valence-corrected chi connectivity index (χ1v) is 6.74. The van der Waals surface area contributed by atoms with Crippen molar-refractivity contribution in [3.8, 4) is 5.75 Å². The number of hydrogen-bond donors (Lipinski definition) is 2. The molecule has 0 saturated carbocycles. The number of benzene rings is 1. The van der Waals surface area contributed by atoms with Crippen LogP contribution in [0.2, 0.25) is 0 Å². The van der Waals surface area contributed by atoms with Crippen LogP contribution in [0.25, 0.3) is 0 Å². The summed E-state index contributed by atoms with van der Waals surface area (Å²) < 4.78 is 6.34. The number of rotatable bonds is 5. The Morgan fingerprint density at radius 3 is 2.82 bits per heavy atom. The van der Waals surface area contributed by atoms with Crippen molar-refractivity contribution in [3.63, 3.8) is 0 Å². The lowest BCUT2D eigenvalue weighted by Gasteiger charge is -2.11. The maximum Gasteiger partial charge on any atom is 0.255 e. The number of para-hydroxylation sites is 1. The number of nitrogens with two attached hydrogens (primary N) is 1. The number of nitrogen functional groups attached to an aromatic ring is 1. The van der Waals surface area contributed by atoms with E-state index in [0.29, 0.717) is 18.0 Å². The van der Waals surface area contributed by atoms with Gasteiger partial charge in [0, 0.05) is 23.9 Å². The van der Waals surface area contributed by atoms with E-state index in [-0.39, 0.29) is 24.0 Å². The van der Waals surface area contributed by atoms with Crippen LogP contribution in [0.5, 0.6) is 5.75 Å². The quantitative estimate of drug-likeness (QED) is 0.836. The molecule has 0 atom stereocenters. The number of carbonyl (C=O) groups excluding carboxylic acids is 1. The van der Waals surface area contributed by atoms with Crippen LogP contribution in [0.4, 0.5) is 5.95 Å². The van der Waals surface area contributed by atoms with E-state index in [0.717, 1.165) is 10.1 Å². The first-order valence-electron chi connectivity index (χ1n) is 6.74. The van der Waals surface area contributed by atoms with Gasteiger partial charge in [0.15, 0.2) is 0 Å². The van der Waals surface area contributed by atoms with Crippen LogP contribution >= 0.6 is 0 Å². The standard InChI is InChI=1S/C15H18N4O3/c1-10-7-14(21)19(15(16)18-10)9-13(20)17-8-11-5-3-4-6-12(11)22-2/h3-7H,8-9H2,1-2H3,(H2,16,18)(H,17,20). The molecule has 2 aromatic rings. The Balaban J connectivity index is 2.04. The zero-order valence-electron chi connectivity index (χ0n) is 12.5. The first kappa shape index (κ1) is 15.6. The van der Waals surface area contributed by atoms with E-state index >= 15 is 0 Å². The second-order valence-electron chi connectivity index (χ2n) is 4.77. The van der Waals surface area contributed by atoms with Crippen molar-refractivity contribution in [1.82, 2.24) is 14.9 Å². The van der Waals surface area contributed by atoms with E-state index in [4.69, 9.17) is 10.5 Å². The molecule has 0 radical (unpaired) electrons. The van der Waals surface area contributed by atoms with E-state index in [1.807, 2.05) is 24.3 Å². The number of amides is 1. The minimum atomic E-state index is -0.350. The smallest absolute Gasteiger partial charge is 0.255 e. The maximum atomic E-state index is 12.0. The molecule has 1 heterocycles. The molecule has 3 N–H and O–H groups in total. The lowest BCUT2D eigenvalue weighted by atomic mass is 10.2. The molecule has 1 aromatic heterocycles. The van der Waals surface area contributed by atoms with E-state index in [9.17, 15) is 9.59 Å². The van der Waals surface area contributed by atoms with Crippen molar-refractivity contribution in [1.29, 1.82) is 0 Å². The van der Waals surface area contributed by atoms with Gasteiger partial charge in [-0.2, -0.15) is 0 Å². The van der Waals surface area contributed by atoms with Gasteiger partial charge in [-0.15, -0.1) is 0 Å². The number of carbonyl (C=O) groups is 1. The predicted molar refractivity (Wildman–Crippen MR) is 82.5 cm³/mol. The lowest BCUT2D eigenvalue weighted by Crippen LogP contribution is -2.33. The second kappa shape index (κ2) is 6.75. The molecule has 0 fully saturated rings. The van der Waals surface area contributed by atoms with Crippen LogP contribution in [0, 0.1) is 6.92 Å². The molecule has 0 unspecified atom stereocenters. The molecule has 2 rings (SSSR count). The van der Waals surface area contributed by atoms with E-state index in [1.165, 1.54) is 6.07 Å². The van der Waals surface area contributed by atoms with E-state index in [2.05, 4.69) is 10.3 Å². The van der Waals surface area contributed by atoms with Gasteiger partial charge in [-0.05, 0) is 13.0 Å². The van der Waals surface area contributed by atoms with Crippen molar-refractivity contribution < 1.29 is 9.53 Å². The monoisotopic (exact) mass is 302 g/mol. The molecule has 0 aliphatic heterocycles. The predicted octanol–water partition coefficient (Wildman–Crippen LogP) is 0.459. The summed E-state index contributed by atoms with van der Waals surface area (Å²) in [4.78, 5) is 27.8. The van der Waals surface area contributed by atoms with Gasteiger partial charge in [0.1, 0.15) is 12.3 Å². The summed E-state index contributed by atoms with van der Waals surface area (Å²) >= 11 is 0. The van der Waals surface area contributed by atoms with E-state index < -0.39 is 0 Å². The zero-order chi connectivity index (χ0) is 16.1. The molecule has 0 bridgehead atoms. The molecule has 22 heavy (non-hydrogen) atoms. The maximum absolute atomic E-state index is 12.0. The van der Waals surface area contributed by atoms with Crippen LogP contribution < -0.4 is 21.3 Å². The second-order valence-corrected chi connectivity index (χ2v) is 4.77. The Hall–Kier alpha value is -2.83. The fourth-order valence-corrected chi connectivity index (χ4v) is 2.04. The highest BCUT2D eigenvalue weighted by Crippen LogP contribution is 2.16. The number of methoxy groups -OCH3 is 1. The van der Waals surface area contributed by atoms with Crippen LogP contribution in [0.3, 0.4) is 0 Å². The molecule has 0 spiro atoms. The SMILES string of the molecule is COc1ccccc1CNC(=O)Cn1c(N)nc(C)cc1=O. The fraction of sp³-hybridized carbons (Fsp3) is 0.267. The Bertz CT molecular complexity index is 740. The Morgan fingerprint density at radius 2 is 2.14 bits per heavy atom. The highest BCUT2D eigenvalue weighted by Gasteiger charge is 2.10. The minimum Gasteiger partial charge on any atom is -0.496 e. The third kappa shape index (κ3) is 3.63. The van der Waals surface area contributed by atoms with Crippen molar-refractivity contribution in [3.05, 3.63) is 51.9 Å². The zero-order valence-corrected chi connectivity index (χ0v) is 12.5. The van der Waals surface area contributed by atoms with Gasteiger partial charge in [0.05, 0.1) is 7.11 Å². The molecular weight excluding hydrogens is 284 g/mol. The molecule has 116 valence electrons. The molecule has 0 aliphatic carbocycles. The molecule has 0 saturated heterocycles. The van der Waals surface area contributed by atoms with Crippen LogP contribution in [-0.4, -0.2) is 22.6 Å². The van der Waals surface area contributed by atoms with Crippen LogP contribution in [-0.2, 0) is 17.9 Å². The topological polar surface area (TPSA) is 99.2 Å². The van der Waals surface area contributed by atoms with Gasteiger partial charge < -0.3 is 15.8 Å². The number of nitrogens with zero attached hydrogens (tertiary/aromatic N) is 2. The van der Waals surface area contributed by atoms with Gasteiger partial charge in [-0.1, -0.05) is 18.2 Å². The Kier molecular flexibility index (Phi) is 4.77. The van der Waals surface area contributed by atoms with Gasteiger partial charge in [-0.3, -0.25) is 14.2 Å². The molecule has 1 aromatic carbocycles. The molecule has 7 nitrogen and oxygen atoms in total. The van der Waals surface area contributed by atoms with Gasteiger partial charge in [-0.25, -0.2) is 4.98 Å². The summed E-state index contributed by atoms with van der Waals surface area (Å²) in [5.41, 5.74) is 6.70. The fourth-order valence-electron chi connectivity index (χ4n) is 2.04. The van der Waals surface area contributed by atoms with Crippen molar-refractivity contribution >= 4 is 11.9 Å². The van der Waals surface area contributed by atoms with Gasteiger partial charge >= 0.3 is 0 Å². The third-order valence-corrected chi connectivity index (χ3v) is 3.14. The van der Waals surface area contributed by atoms with Crippen molar-refractivity contribution in [2.45, 2.75) is 20.0 Å². The number of nitrogens with one attached hydrogen (secondary N) is 1. The first-order chi connectivity index (χ1) is 10.5. The number of ether oxygens (including phenoxy) is 1. The summed E-state index contributed by atoms with van der Waals surface area (Å²) in [6, 6.07) is 8.71. The Morgan fingerprint density at radius 1 is 1.41 bits per heavy atom. The normalized spacial score (nSPS) is 10.3. The van der Waals surface area contributed by atoms with E-state index in [1.54, 1.807) is 14.0 Å². The van der Waals surface area contributed by atoms with Crippen molar-refractivity contribution in [2.75, 3.05) is 12.8 Å². The summed E-state index contributed by atoms with van der Waals surface area (Å²) in [5, 5.41) is 2.73. The van der Waals surface area contributed by atoms with Gasteiger partial charge in [0.25, 0.3) is 5.56 Å². The molecule has 7 heteroatoms. The summed E-state index contributed by atoms with van der Waals surface area (Å²) in [7, 11) is 1.57. The average Bonchev–Trinajstić information content (AvgIpc) is 2.49. The number of anilines is 1. The lowest BCUT2D eigenvalue weighted by molar-refractivity contribution is -0.121.